The van der Waals surface area contributed by atoms with Gasteiger partial charge >= 0.3 is 0 Å². The molecule has 7 heteroatoms. The number of aliphatic hydroxyl groups is 1. The first-order valence-corrected chi connectivity index (χ1v) is 14.3. The van der Waals surface area contributed by atoms with Crippen LogP contribution in [0, 0.1) is 24.1 Å². The second kappa shape index (κ2) is 14.4. The molecule has 0 saturated heterocycles. The Morgan fingerprint density at radius 2 is 1.75 bits per heavy atom. The zero-order valence-corrected chi connectivity index (χ0v) is 24.3. The Morgan fingerprint density at radius 3 is 2.35 bits per heavy atom. The zero-order valence-electron chi connectivity index (χ0n) is 24.3. The fraction of sp³-hybridized carbons (Fsp3) is 0.455. The summed E-state index contributed by atoms with van der Waals surface area (Å²) < 4.78 is 14.1. The topological polar surface area (TPSA) is 95.7 Å². The average Bonchev–Trinajstić information content (AvgIpc) is 2.93. The van der Waals surface area contributed by atoms with Crippen LogP contribution in [0.25, 0.3) is 0 Å². The van der Waals surface area contributed by atoms with Crippen LogP contribution in [-0.2, 0) is 22.6 Å². The highest BCUT2D eigenvalue weighted by Gasteiger charge is 2.48. The fourth-order valence-corrected chi connectivity index (χ4v) is 5.77. The Balaban J connectivity index is 1.98. The molecule has 0 heterocycles. The van der Waals surface area contributed by atoms with E-state index in [4.69, 9.17) is 5.73 Å². The molecule has 0 radical (unpaired) electrons. The van der Waals surface area contributed by atoms with Gasteiger partial charge in [0.15, 0.2) is 0 Å². The second-order valence-electron chi connectivity index (χ2n) is 11.0. The number of primary amides is 1. The summed E-state index contributed by atoms with van der Waals surface area (Å²) in [5.74, 6) is -1.66. The Morgan fingerprint density at radius 1 is 1.07 bits per heavy atom. The van der Waals surface area contributed by atoms with Crippen LogP contribution in [0.2, 0.25) is 0 Å². The lowest BCUT2D eigenvalue weighted by molar-refractivity contribution is -0.132. The van der Waals surface area contributed by atoms with Crippen LogP contribution in [-0.4, -0.2) is 47.6 Å². The summed E-state index contributed by atoms with van der Waals surface area (Å²) >= 11 is 0. The Bertz CT molecular complexity index is 1220. The van der Waals surface area contributed by atoms with Crippen molar-refractivity contribution in [2.24, 2.45) is 17.1 Å². The number of allylic oxidation sites excluding steroid dienone is 2. The van der Waals surface area contributed by atoms with Crippen LogP contribution in [0.1, 0.15) is 56.7 Å². The van der Waals surface area contributed by atoms with E-state index in [-0.39, 0.29) is 31.1 Å². The predicted octanol–water partition coefficient (Wildman–Crippen LogP) is 4.84. The molecule has 1 unspecified atom stereocenters. The summed E-state index contributed by atoms with van der Waals surface area (Å²) in [5.41, 5.74) is 8.48. The van der Waals surface area contributed by atoms with E-state index < -0.39 is 23.3 Å². The van der Waals surface area contributed by atoms with Gasteiger partial charge < -0.3 is 21.1 Å². The molecule has 2 amide bonds. The lowest BCUT2D eigenvalue weighted by Crippen LogP contribution is -2.51. The van der Waals surface area contributed by atoms with Gasteiger partial charge in [0.05, 0.1) is 11.5 Å². The highest BCUT2D eigenvalue weighted by Crippen LogP contribution is 2.44. The van der Waals surface area contributed by atoms with Crippen molar-refractivity contribution in [3.63, 3.8) is 0 Å². The van der Waals surface area contributed by atoms with E-state index in [1.54, 1.807) is 19.1 Å². The minimum Gasteiger partial charge on any atom is -0.391 e. The van der Waals surface area contributed by atoms with Gasteiger partial charge in [-0.1, -0.05) is 74.0 Å². The molecule has 0 bridgehead atoms. The van der Waals surface area contributed by atoms with Gasteiger partial charge in [-0.25, -0.2) is 4.39 Å². The highest BCUT2D eigenvalue weighted by molar-refractivity contribution is 5.96. The normalized spacial score (nSPS) is 18.4. The largest absolute Gasteiger partial charge is 0.391 e. The maximum Gasteiger partial charge on any atom is 0.249 e. The number of nitrogens with zero attached hydrogens (tertiary/aromatic N) is 1. The summed E-state index contributed by atoms with van der Waals surface area (Å²) in [7, 11) is 0. The van der Waals surface area contributed by atoms with Crippen LogP contribution in [0.5, 0.6) is 0 Å². The van der Waals surface area contributed by atoms with Crippen molar-refractivity contribution in [1.29, 1.82) is 0 Å². The number of aryl methyl sites for hydroxylation is 1. The SMILES string of the molecule is CCCN(CCC)C(=O)C1=CC(C)=CC(C(N)=O)([C@H](Cc2ccc(F)c(C)c2)[C@@H](O)CNCc2ccccc2)C1. The van der Waals surface area contributed by atoms with E-state index in [1.807, 2.05) is 68.2 Å². The summed E-state index contributed by atoms with van der Waals surface area (Å²) in [6, 6.07) is 14.7. The molecule has 6 nitrogen and oxygen atoms in total. The van der Waals surface area contributed by atoms with E-state index >= 15 is 0 Å². The molecule has 2 aromatic carbocycles. The van der Waals surface area contributed by atoms with Crippen molar-refractivity contribution in [2.45, 2.75) is 66.0 Å². The number of aliphatic hydroxyl groups excluding tert-OH is 1. The van der Waals surface area contributed by atoms with Gasteiger partial charge in [0.25, 0.3) is 0 Å². The maximum absolute atomic E-state index is 14.1. The Labute approximate surface area is 238 Å². The van der Waals surface area contributed by atoms with E-state index in [0.717, 1.165) is 29.5 Å². The lowest BCUT2D eigenvalue weighted by Gasteiger charge is -2.42. The smallest absolute Gasteiger partial charge is 0.249 e. The molecule has 40 heavy (non-hydrogen) atoms. The first-order chi connectivity index (χ1) is 19.1. The minimum absolute atomic E-state index is 0.100. The third-order valence-electron chi connectivity index (χ3n) is 7.71. The standard InChI is InChI=1S/C33H44FN3O3/c1-5-14-37(15-6-2)31(39)27-16-23(3)19-33(20-27,32(35)40)28(18-26-12-13-29(34)24(4)17-26)30(38)22-36-21-25-10-8-7-9-11-25/h7-13,16-17,19,28,30,36,38H,5-6,14-15,18,20-22H2,1-4H3,(H2,35,40)/t28-,30+,33?/m1/s1. The molecule has 0 fully saturated rings. The van der Waals surface area contributed by atoms with Crippen LogP contribution >= 0.6 is 0 Å². The second-order valence-corrected chi connectivity index (χ2v) is 11.0. The number of halogens is 1. The van der Waals surface area contributed by atoms with Gasteiger partial charge in [0, 0.05) is 37.7 Å². The molecule has 0 spiro atoms. The van der Waals surface area contributed by atoms with Gasteiger partial charge in [-0.05, 0) is 62.3 Å². The number of carbonyl (C=O) groups excluding carboxylic acids is 2. The summed E-state index contributed by atoms with van der Waals surface area (Å²) in [6.07, 6.45) is 4.72. The number of hydrogen-bond acceptors (Lipinski definition) is 4. The lowest BCUT2D eigenvalue weighted by atomic mass is 9.63. The number of rotatable bonds is 14. The van der Waals surface area contributed by atoms with Crippen LogP contribution in [0.4, 0.5) is 4.39 Å². The number of hydrogen-bond donors (Lipinski definition) is 3. The summed E-state index contributed by atoms with van der Waals surface area (Å²) in [6.45, 7) is 9.62. The fourth-order valence-electron chi connectivity index (χ4n) is 5.77. The highest BCUT2D eigenvalue weighted by atomic mass is 19.1. The molecule has 0 aliphatic heterocycles. The Kier molecular flexibility index (Phi) is 11.2. The van der Waals surface area contributed by atoms with Crippen LogP contribution < -0.4 is 11.1 Å². The van der Waals surface area contributed by atoms with E-state index in [0.29, 0.717) is 30.8 Å². The molecule has 216 valence electrons. The minimum atomic E-state index is -1.30. The Hall–Kier alpha value is -3.29. The average molecular weight is 550 g/mol. The summed E-state index contributed by atoms with van der Waals surface area (Å²) in [4.78, 5) is 28.9. The quantitative estimate of drug-likeness (QED) is 0.314. The van der Waals surface area contributed by atoms with Gasteiger partial charge in [0.1, 0.15) is 5.82 Å². The van der Waals surface area contributed by atoms with Gasteiger partial charge in [-0.2, -0.15) is 0 Å². The third-order valence-corrected chi connectivity index (χ3v) is 7.71. The number of benzene rings is 2. The predicted molar refractivity (Wildman–Crippen MR) is 158 cm³/mol. The van der Waals surface area contributed by atoms with E-state index in [9.17, 15) is 19.1 Å². The van der Waals surface area contributed by atoms with Crippen LogP contribution in [0.15, 0.2) is 71.8 Å². The number of nitrogens with one attached hydrogen (secondary N) is 1. The molecule has 1 aliphatic rings. The monoisotopic (exact) mass is 549 g/mol. The molecule has 4 N–H and O–H groups in total. The molecule has 1 aliphatic carbocycles. The van der Waals surface area contributed by atoms with E-state index in [2.05, 4.69) is 5.32 Å². The molecular weight excluding hydrogens is 505 g/mol. The molecular formula is C33H44FN3O3. The van der Waals surface area contributed by atoms with Crippen LogP contribution in [0.3, 0.4) is 0 Å². The van der Waals surface area contributed by atoms with Crippen molar-refractivity contribution in [2.75, 3.05) is 19.6 Å². The molecule has 0 saturated carbocycles. The first-order valence-electron chi connectivity index (χ1n) is 14.3. The van der Waals surface area contributed by atoms with Crippen molar-refractivity contribution in [3.8, 4) is 0 Å². The van der Waals surface area contributed by atoms with Crippen molar-refractivity contribution >= 4 is 11.8 Å². The zero-order chi connectivity index (χ0) is 29.3. The van der Waals surface area contributed by atoms with Gasteiger partial charge in [-0.3, -0.25) is 9.59 Å². The first kappa shape index (κ1) is 31.2. The maximum atomic E-state index is 14.1. The van der Waals surface area contributed by atoms with Crippen molar-refractivity contribution in [1.82, 2.24) is 10.2 Å². The summed E-state index contributed by atoms with van der Waals surface area (Å²) in [5, 5.41) is 14.9. The van der Waals surface area contributed by atoms with Crippen molar-refractivity contribution < 1.29 is 19.1 Å². The van der Waals surface area contributed by atoms with Gasteiger partial charge in [0.2, 0.25) is 11.8 Å². The van der Waals surface area contributed by atoms with Gasteiger partial charge in [-0.15, -0.1) is 0 Å². The molecule has 0 aromatic heterocycles. The molecule has 3 rings (SSSR count). The number of nitrogens with two attached hydrogens (primary N) is 1. The third kappa shape index (κ3) is 7.67. The molecule has 3 atom stereocenters. The number of carbonyl (C=O) groups is 2. The molecule has 2 aromatic rings. The number of amides is 2. The van der Waals surface area contributed by atoms with E-state index in [1.165, 1.54) is 6.07 Å². The van der Waals surface area contributed by atoms with Crippen molar-refractivity contribution in [3.05, 3.63) is 94.3 Å².